The summed E-state index contributed by atoms with van der Waals surface area (Å²) in [5.74, 6) is -1.78. The van der Waals surface area contributed by atoms with E-state index in [1.165, 1.54) is 6.07 Å². The van der Waals surface area contributed by atoms with Crippen molar-refractivity contribution in [3.05, 3.63) is 52.9 Å². The van der Waals surface area contributed by atoms with Crippen molar-refractivity contribution in [2.45, 2.75) is 31.8 Å². The minimum Gasteiger partial charge on any atom is -0.385 e. The van der Waals surface area contributed by atoms with Gasteiger partial charge in [0.1, 0.15) is 17.3 Å². The number of H-pyrrole nitrogens is 1. The molecule has 5 nitrogen and oxygen atoms in total. The van der Waals surface area contributed by atoms with Gasteiger partial charge in [-0.25, -0.2) is 8.78 Å². The van der Waals surface area contributed by atoms with Crippen LogP contribution in [0.3, 0.4) is 0 Å². The van der Waals surface area contributed by atoms with E-state index >= 15 is 0 Å². The molecular weight excluding hydrogens is 316 g/mol. The molecule has 0 aliphatic carbocycles. The molecular formula is C17H19F2N3O2. The Morgan fingerprint density at radius 3 is 2.50 bits per heavy atom. The third-order valence-electron chi connectivity index (χ3n) is 4.54. The molecule has 2 aromatic rings. The highest BCUT2D eigenvalue weighted by atomic mass is 19.1. The lowest BCUT2D eigenvalue weighted by Gasteiger charge is -2.38. The van der Waals surface area contributed by atoms with Crippen LogP contribution in [0.4, 0.5) is 8.78 Å². The van der Waals surface area contributed by atoms with Crippen LogP contribution in [0.2, 0.25) is 0 Å². The van der Waals surface area contributed by atoms with E-state index < -0.39 is 17.2 Å². The second-order valence-corrected chi connectivity index (χ2v) is 6.05. The molecule has 0 atom stereocenters. The Bertz CT molecular complexity index is 732. The summed E-state index contributed by atoms with van der Waals surface area (Å²) >= 11 is 0. The van der Waals surface area contributed by atoms with E-state index in [0.717, 1.165) is 24.2 Å². The zero-order valence-electron chi connectivity index (χ0n) is 13.4. The Morgan fingerprint density at radius 1 is 1.33 bits per heavy atom. The number of aromatic amines is 1. The number of carbonyl (C=O) groups is 1. The molecule has 1 aliphatic heterocycles. The van der Waals surface area contributed by atoms with E-state index in [1.807, 2.05) is 6.92 Å². The van der Waals surface area contributed by atoms with Gasteiger partial charge < -0.3 is 10.0 Å². The van der Waals surface area contributed by atoms with Gasteiger partial charge in [0.2, 0.25) is 0 Å². The smallest absolute Gasteiger partial charge is 0.274 e. The molecule has 0 spiro atoms. The number of aryl methyl sites for hydroxylation is 1. The van der Waals surface area contributed by atoms with Crippen molar-refractivity contribution in [3.63, 3.8) is 0 Å². The van der Waals surface area contributed by atoms with Crippen molar-refractivity contribution in [3.8, 4) is 0 Å². The zero-order valence-corrected chi connectivity index (χ0v) is 13.4. The lowest BCUT2D eigenvalue weighted by molar-refractivity contribution is -0.0263. The summed E-state index contributed by atoms with van der Waals surface area (Å²) in [4.78, 5) is 14.0. The summed E-state index contributed by atoms with van der Waals surface area (Å²) in [6.07, 6.45) is 0.885. The Kier molecular flexibility index (Phi) is 4.36. The van der Waals surface area contributed by atoms with E-state index in [0.29, 0.717) is 5.69 Å². The maximum Gasteiger partial charge on any atom is 0.274 e. The predicted octanol–water partition coefficient (Wildman–Crippen LogP) is 2.37. The van der Waals surface area contributed by atoms with Crippen molar-refractivity contribution in [2.24, 2.45) is 0 Å². The standard InChI is InChI=1S/C17H19F2N3O2/c1-2-11-10-14(21-20-11)16(23)22-8-6-17(24,7-9-22)15-12(18)4-3-5-13(15)19/h3-5,10,24H,2,6-9H2,1H3,(H,20,21). The maximum absolute atomic E-state index is 13.9. The number of aliphatic hydroxyl groups is 1. The van der Waals surface area contributed by atoms with E-state index in [-0.39, 0.29) is 37.4 Å². The first-order valence-corrected chi connectivity index (χ1v) is 7.95. The van der Waals surface area contributed by atoms with Crippen LogP contribution in [0, 0.1) is 11.6 Å². The lowest BCUT2D eigenvalue weighted by atomic mass is 9.83. The average Bonchev–Trinajstić information content (AvgIpc) is 3.04. The highest BCUT2D eigenvalue weighted by Crippen LogP contribution is 2.36. The van der Waals surface area contributed by atoms with Crippen molar-refractivity contribution < 1.29 is 18.7 Å². The number of aromatic nitrogens is 2. The van der Waals surface area contributed by atoms with Crippen LogP contribution in [0.5, 0.6) is 0 Å². The van der Waals surface area contributed by atoms with Gasteiger partial charge in [-0.2, -0.15) is 5.10 Å². The molecule has 7 heteroatoms. The highest BCUT2D eigenvalue weighted by Gasteiger charge is 2.39. The number of hydrogen-bond donors (Lipinski definition) is 2. The van der Waals surface area contributed by atoms with Gasteiger partial charge in [0.05, 0.1) is 11.2 Å². The number of piperidine rings is 1. The van der Waals surface area contributed by atoms with Crippen molar-refractivity contribution in [1.82, 2.24) is 15.1 Å². The Balaban J connectivity index is 1.74. The molecule has 0 saturated carbocycles. The fraction of sp³-hybridized carbons (Fsp3) is 0.412. The molecule has 1 aromatic carbocycles. The number of nitrogens with zero attached hydrogens (tertiary/aromatic N) is 2. The highest BCUT2D eigenvalue weighted by molar-refractivity contribution is 5.92. The molecule has 1 amide bonds. The van der Waals surface area contributed by atoms with Crippen LogP contribution in [0.15, 0.2) is 24.3 Å². The maximum atomic E-state index is 13.9. The molecule has 1 fully saturated rings. The van der Waals surface area contributed by atoms with Crippen LogP contribution in [0.25, 0.3) is 0 Å². The summed E-state index contributed by atoms with van der Waals surface area (Å²) in [6, 6.07) is 5.21. The summed E-state index contributed by atoms with van der Waals surface area (Å²) in [5.41, 5.74) is -0.744. The quantitative estimate of drug-likeness (QED) is 0.905. The van der Waals surface area contributed by atoms with Gasteiger partial charge in [0, 0.05) is 18.8 Å². The third kappa shape index (κ3) is 2.91. The SMILES string of the molecule is CCc1cc(C(=O)N2CCC(O)(c3c(F)cccc3F)CC2)n[nH]1. The molecule has 1 aliphatic rings. The monoisotopic (exact) mass is 335 g/mol. The molecule has 2 heterocycles. The molecule has 24 heavy (non-hydrogen) atoms. The molecule has 1 saturated heterocycles. The summed E-state index contributed by atoms with van der Waals surface area (Å²) in [7, 11) is 0. The number of amides is 1. The largest absolute Gasteiger partial charge is 0.385 e. The summed E-state index contributed by atoms with van der Waals surface area (Å²) < 4.78 is 27.9. The number of benzene rings is 1. The predicted molar refractivity (Wildman–Crippen MR) is 83.4 cm³/mol. The minimum atomic E-state index is -1.60. The minimum absolute atomic E-state index is 0.0711. The summed E-state index contributed by atoms with van der Waals surface area (Å²) in [6.45, 7) is 2.36. The number of rotatable bonds is 3. The van der Waals surface area contributed by atoms with Gasteiger partial charge in [0.25, 0.3) is 5.91 Å². The first-order chi connectivity index (χ1) is 11.4. The van der Waals surface area contributed by atoms with Crippen molar-refractivity contribution >= 4 is 5.91 Å². The lowest BCUT2D eigenvalue weighted by Crippen LogP contribution is -2.46. The second kappa shape index (κ2) is 6.32. The van der Waals surface area contributed by atoms with Gasteiger partial charge in [-0.05, 0) is 37.5 Å². The molecule has 0 bridgehead atoms. The molecule has 1 aromatic heterocycles. The molecule has 128 valence electrons. The average molecular weight is 335 g/mol. The van der Waals surface area contributed by atoms with Crippen LogP contribution < -0.4 is 0 Å². The van der Waals surface area contributed by atoms with E-state index in [2.05, 4.69) is 10.2 Å². The number of likely N-dealkylation sites (tertiary alicyclic amines) is 1. The molecule has 3 rings (SSSR count). The zero-order chi connectivity index (χ0) is 17.3. The Hall–Kier alpha value is -2.28. The van der Waals surface area contributed by atoms with E-state index in [9.17, 15) is 18.7 Å². The van der Waals surface area contributed by atoms with Gasteiger partial charge in [-0.1, -0.05) is 13.0 Å². The van der Waals surface area contributed by atoms with Crippen LogP contribution in [0.1, 0.15) is 41.5 Å². The fourth-order valence-electron chi connectivity index (χ4n) is 3.09. The number of nitrogens with one attached hydrogen (secondary N) is 1. The topological polar surface area (TPSA) is 69.2 Å². The number of hydrogen-bond acceptors (Lipinski definition) is 3. The van der Waals surface area contributed by atoms with Crippen LogP contribution in [-0.4, -0.2) is 39.2 Å². The second-order valence-electron chi connectivity index (χ2n) is 6.05. The Morgan fingerprint density at radius 2 is 1.96 bits per heavy atom. The summed E-state index contributed by atoms with van der Waals surface area (Å²) in [5, 5.41) is 17.4. The molecule has 0 radical (unpaired) electrons. The van der Waals surface area contributed by atoms with Crippen molar-refractivity contribution in [2.75, 3.05) is 13.1 Å². The van der Waals surface area contributed by atoms with Crippen LogP contribution in [-0.2, 0) is 12.0 Å². The fourth-order valence-corrected chi connectivity index (χ4v) is 3.09. The van der Waals surface area contributed by atoms with E-state index in [1.54, 1.807) is 11.0 Å². The third-order valence-corrected chi connectivity index (χ3v) is 4.54. The van der Waals surface area contributed by atoms with Crippen LogP contribution >= 0.6 is 0 Å². The van der Waals surface area contributed by atoms with Gasteiger partial charge in [0.15, 0.2) is 0 Å². The van der Waals surface area contributed by atoms with E-state index in [4.69, 9.17) is 0 Å². The number of halogens is 2. The van der Waals surface area contributed by atoms with Gasteiger partial charge in [-0.3, -0.25) is 9.89 Å². The van der Waals surface area contributed by atoms with Crippen molar-refractivity contribution in [1.29, 1.82) is 0 Å². The molecule has 0 unspecified atom stereocenters. The van der Waals surface area contributed by atoms with Gasteiger partial charge >= 0.3 is 0 Å². The first-order valence-electron chi connectivity index (χ1n) is 7.95. The normalized spacial score (nSPS) is 17.1. The molecule has 2 N–H and O–H groups in total. The van der Waals surface area contributed by atoms with Gasteiger partial charge in [-0.15, -0.1) is 0 Å². The first kappa shape index (κ1) is 16.6. The number of carbonyl (C=O) groups excluding carboxylic acids is 1. The Labute approximate surface area is 138 Å².